The summed E-state index contributed by atoms with van der Waals surface area (Å²) >= 11 is 0. The summed E-state index contributed by atoms with van der Waals surface area (Å²) in [7, 11) is 0. The third kappa shape index (κ3) is 3.62. The quantitative estimate of drug-likeness (QED) is 0.402. The molecule has 0 radical (unpaired) electrons. The van der Waals surface area contributed by atoms with Crippen molar-refractivity contribution >= 4 is 11.7 Å². The zero-order chi connectivity index (χ0) is 18.0. The Morgan fingerprint density at radius 1 is 1.46 bits per heavy atom. The number of ether oxygens (including phenoxy) is 1. The smallest absolute Gasteiger partial charge is 0.351 e. The Morgan fingerprint density at radius 2 is 2.12 bits per heavy atom. The van der Waals surface area contributed by atoms with E-state index in [0.717, 1.165) is 4.57 Å². The summed E-state index contributed by atoms with van der Waals surface area (Å²) in [6.45, 7) is 3.08. The third-order valence-corrected chi connectivity index (χ3v) is 3.89. The molecule has 5 atom stereocenters. The molecule has 10 nitrogen and oxygen atoms in total. The van der Waals surface area contributed by atoms with Gasteiger partial charge in [-0.05, 0) is 12.0 Å². The Balaban J connectivity index is 2.16. The van der Waals surface area contributed by atoms with Crippen LogP contribution >= 0.6 is 0 Å². The van der Waals surface area contributed by atoms with Gasteiger partial charge in [-0.3, -0.25) is 9.36 Å². The highest BCUT2D eigenvalue weighted by atomic mass is 16.6. The van der Waals surface area contributed by atoms with Gasteiger partial charge in [0.05, 0.1) is 12.6 Å². The van der Waals surface area contributed by atoms with E-state index < -0.39 is 48.8 Å². The molecule has 0 aromatic carbocycles. The van der Waals surface area contributed by atoms with Crippen LogP contribution in [0.4, 0.5) is 5.82 Å². The van der Waals surface area contributed by atoms with Gasteiger partial charge in [0.2, 0.25) is 5.91 Å². The first kappa shape index (κ1) is 18.5. The lowest BCUT2D eigenvalue weighted by molar-refractivity contribution is -0.118. The molecule has 1 fully saturated rings. The van der Waals surface area contributed by atoms with Gasteiger partial charge in [-0.2, -0.15) is 4.98 Å². The molecule has 2 heterocycles. The second-order valence-corrected chi connectivity index (χ2v) is 5.99. The number of nitrogens with zero attached hydrogens (tertiary/aromatic N) is 2. The van der Waals surface area contributed by atoms with Crippen molar-refractivity contribution in [2.24, 2.45) is 11.7 Å². The van der Waals surface area contributed by atoms with E-state index in [2.05, 4.69) is 10.3 Å². The predicted octanol–water partition coefficient (Wildman–Crippen LogP) is -2.22. The number of rotatable bonds is 5. The average molecular weight is 342 g/mol. The molecule has 1 amide bonds. The minimum Gasteiger partial charge on any atom is -0.394 e. The van der Waals surface area contributed by atoms with Crippen molar-refractivity contribution in [1.82, 2.24) is 9.55 Å². The molecule has 1 saturated heterocycles. The Kier molecular flexibility index (Phi) is 5.67. The summed E-state index contributed by atoms with van der Waals surface area (Å²) in [6.07, 6.45) is -3.63. The zero-order valence-corrected chi connectivity index (χ0v) is 13.4. The fraction of sp³-hybridized carbons (Fsp3) is 0.643. The van der Waals surface area contributed by atoms with Crippen LogP contribution in [-0.4, -0.2) is 61.7 Å². The van der Waals surface area contributed by atoms with Gasteiger partial charge in [-0.1, -0.05) is 13.8 Å². The molecule has 1 aromatic heterocycles. The summed E-state index contributed by atoms with van der Waals surface area (Å²) in [5.74, 6) is -0.532. The van der Waals surface area contributed by atoms with E-state index >= 15 is 0 Å². The normalized spacial score (nSPS) is 28.1. The maximum atomic E-state index is 12.1. The number of aliphatic hydroxyl groups excluding tert-OH is 3. The molecule has 6 N–H and O–H groups in total. The number of nitrogens with one attached hydrogen (secondary N) is 1. The average Bonchev–Trinajstić information content (AvgIpc) is 2.82. The van der Waals surface area contributed by atoms with E-state index in [1.165, 1.54) is 12.3 Å². The van der Waals surface area contributed by atoms with Crippen LogP contribution < -0.4 is 16.7 Å². The molecule has 1 aliphatic heterocycles. The highest BCUT2D eigenvalue weighted by Gasteiger charge is 2.43. The van der Waals surface area contributed by atoms with E-state index in [0.29, 0.717) is 0 Å². The Morgan fingerprint density at radius 3 is 2.62 bits per heavy atom. The first-order valence-corrected chi connectivity index (χ1v) is 7.54. The fourth-order valence-corrected chi connectivity index (χ4v) is 2.30. The molecule has 0 spiro atoms. The number of nitrogens with two attached hydrogens (primary N) is 1. The second-order valence-electron chi connectivity index (χ2n) is 5.99. The van der Waals surface area contributed by atoms with Gasteiger partial charge in [0.25, 0.3) is 0 Å². The monoisotopic (exact) mass is 342 g/mol. The van der Waals surface area contributed by atoms with Gasteiger partial charge >= 0.3 is 5.69 Å². The van der Waals surface area contributed by atoms with E-state index in [1.54, 1.807) is 13.8 Å². The van der Waals surface area contributed by atoms with Crippen molar-refractivity contribution in [3.8, 4) is 0 Å². The van der Waals surface area contributed by atoms with Gasteiger partial charge < -0.3 is 31.1 Å². The number of hydrogen-bond donors (Lipinski definition) is 5. The van der Waals surface area contributed by atoms with E-state index in [4.69, 9.17) is 15.6 Å². The van der Waals surface area contributed by atoms with E-state index in [1.807, 2.05) is 0 Å². The maximum Gasteiger partial charge on any atom is 0.351 e. The largest absolute Gasteiger partial charge is 0.394 e. The number of carbonyl (C=O) groups excluding carboxylic acids is 1. The van der Waals surface area contributed by atoms with Gasteiger partial charge in [0, 0.05) is 6.20 Å². The summed E-state index contributed by atoms with van der Waals surface area (Å²) in [5, 5.41) is 31.2. The SMILES string of the molecule is CC(C)C(N)C(=O)Nc1ccn([C@@H]2O[C@H](CO)C(O)[C@H]2O)c(=O)n1. The minimum atomic E-state index is -1.39. The molecule has 0 aliphatic carbocycles. The molecule has 2 unspecified atom stereocenters. The lowest BCUT2D eigenvalue weighted by atomic mass is 10.1. The Bertz CT molecular complexity index is 648. The predicted molar refractivity (Wildman–Crippen MR) is 82.9 cm³/mol. The molecule has 0 saturated carbocycles. The standard InChI is InChI=1S/C14H22N4O6/c1-6(2)9(15)12(22)16-8-3-4-18(14(23)17-8)13-11(21)10(20)7(5-19)24-13/h3-4,6-7,9-11,13,19-21H,5,15H2,1-2H3,(H,16,17,22,23)/t7-,9?,10?,11-,13-/m1/s1. The number of amides is 1. The number of hydrogen-bond acceptors (Lipinski definition) is 8. The van der Waals surface area contributed by atoms with Gasteiger partial charge in [0.15, 0.2) is 6.23 Å². The summed E-state index contributed by atoms with van der Waals surface area (Å²) in [6, 6.07) is 0.607. The lowest BCUT2D eigenvalue weighted by Crippen LogP contribution is -2.40. The summed E-state index contributed by atoms with van der Waals surface area (Å²) in [5.41, 5.74) is 4.92. The van der Waals surface area contributed by atoms with Crippen LogP contribution in [0.3, 0.4) is 0 Å². The van der Waals surface area contributed by atoms with Crippen LogP contribution in [0.15, 0.2) is 17.1 Å². The highest BCUT2D eigenvalue weighted by molar-refractivity contribution is 5.93. The van der Waals surface area contributed by atoms with Crippen LogP contribution in [0, 0.1) is 5.92 Å². The third-order valence-electron chi connectivity index (χ3n) is 3.89. The van der Waals surface area contributed by atoms with E-state index in [-0.39, 0.29) is 11.7 Å². The van der Waals surface area contributed by atoms with E-state index in [9.17, 15) is 19.8 Å². The van der Waals surface area contributed by atoms with Crippen molar-refractivity contribution < 1.29 is 24.9 Å². The Hall–Kier alpha value is -1.85. The number of aromatic nitrogens is 2. The maximum absolute atomic E-state index is 12.1. The van der Waals surface area contributed by atoms with Gasteiger partial charge in [-0.15, -0.1) is 0 Å². The van der Waals surface area contributed by atoms with Gasteiger partial charge in [-0.25, -0.2) is 4.79 Å². The second kappa shape index (κ2) is 7.36. The first-order valence-electron chi connectivity index (χ1n) is 7.54. The topological polar surface area (TPSA) is 160 Å². The van der Waals surface area contributed by atoms with Crippen LogP contribution in [0.1, 0.15) is 20.1 Å². The zero-order valence-electron chi connectivity index (χ0n) is 13.4. The summed E-state index contributed by atoms with van der Waals surface area (Å²) < 4.78 is 6.23. The van der Waals surface area contributed by atoms with Crippen LogP contribution in [0.5, 0.6) is 0 Å². The minimum absolute atomic E-state index is 0.0177. The molecule has 134 valence electrons. The Labute approximate surface area is 137 Å². The molecule has 10 heteroatoms. The molecular formula is C14H22N4O6. The van der Waals surface area contributed by atoms with Gasteiger partial charge in [0.1, 0.15) is 24.1 Å². The molecule has 1 aliphatic rings. The molecule has 24 heavy (non-hydrogen) atoms. The van der Waals surface area contributed by atoms with Crippen molar-refractivity contribution in [2.75, 3.05) is 11.9 Å². The number of aliphatic hydroxyl groups is 3. The number of carbonyl (C=O) groups is 1. The fourth-order valence-electron chi connectivity index (χ4n) is 2.30. The molecule has 0 bridgehead atoms. The van der Waals surface area contributed by atoms with Crippen LogP contribution in [-0.2, 0) is 9.53 Å². The van der Waals surface area contributed by atoms with Crippen molar-refractivity contribution in [1.29, 1.82) is 0 Å². The molecular weight excluding hydrogens is 320 g/mol. The van der Waals surface area contributed by atoms with Crippen molar-refractivity contribution in [3.63, 3.8) is 0 Å². The summed E-state index contributed by atoms with van der Waals surface area (Å²) in [4.78, 5) is 27.7. The number of anilines is 1. The van der Waals surface area contributed by atoms with Crippen LogP contribution in [0.25, 0.3) is 0 Å². The van der Waals surface area contributed by atoms with Crippen molar-refractivity contribution in [3.05, 3.63) is 22.7 Å². The van der Waals surface area contributed by atoms with Crippen LogP contribution in [0.2, 0.25) is 0 Å². The highest BCUT2D eigenvalue weighted by Crippen LogP contribution is 2.28. The molecule has 1 aromatic rings. The van der Waals surface area contributed by atoms with Crippen molar-refractivity contribution in [2.45, 2.75) is 44.4 Å². The lowest BCUT2D eigenvalue weighted by Gasteiger charge is -2.18. The molecule has 2 rings (SSSR count). The first-order chi connectivity index (χ1) is 11.3.